The van der Waals surface area contributed by atoms with E-state index in [1.807, 2.05) is 10.3 Å². The summed E-state index contributed by atoms with van der Waals surface area (Å²) in [5, 5.41) is 2.63. The van der Waals surface area contributed by atoms with Crippen molar-refractivity contribution in [1.82, 2.24) is 9.71 Å². The number of halogens is 3. The molecule has 3 rings (SSSR count). The van der Waals surface area contributed by atoms with Gasteiger partial charge in [0.2, 0.25) is 10.0 Å². The van der Waals surface area contributed by atoms with Crippen LogP contribution in [-0.2, 0) is 16.2 Å². The van der Waals surface area contributed by atoms with Crippen molar-refractivity contribution >= 4 is 26.5 Å². The molecule has 2 heterocycles. The number of alkyl halides is 3. The Hall–Kier alpha value is -1.65. The maximum atomic E-state index is 12.7. The normalized spacial score (nSPS) is 19.0. The van der Waals surface area contributed by atoms with Gasteiger partial charge in [-0.15, -0.1) is 11.3 Å². The van der Waals surface area contributed by atoms with Gasteiger partial charge in [-0.1, -0.05) is 6.07 Å². The van der Waals surface area contributed by atoms with E-state index >= 15 is 0 Å². The highest BCUT2D eigenvalue weighted by Crippen LogP contribution is 2.30. The van der Waals surface area contributed by atoms with Crippen LogP contribution in [0.25, 0.3) is 0 Å². The van der Waals surface area contributed by atoms with Gasteiger partial charge in [0.1, 0.15) is 0 Å². The van der Waals surface area contributed by atoms with Gasteiger partial charge in [0.25, 0.3) is 0 Å². The second-order valence-corrected chi connectivity index (χ2v) is 7.98. The van der Waals surface area contributed by atoms with Crippen LogP contribution < -0.4 is 9.62 Å². The standard InChI is InChI=1S/C14H14F3N3O2S2/c15-14(16,17)10-2-1-3-12(8-10)24(21,22)19-11-4-6-20(9-11)13-18-5-7-23-13/h1-3,5,7-8,11,19H,4,6,9H2. The number of rotatable bonds is 4. The van der Waals surface area contributed by atoms with Crippen LogP contribution in [0.5, 0.6) is 0 Å². The monoisotopic (exact) mass is 377 g/mol. The fourth-order valence-corrected chi connectivity index (χ4v) is 4.52. The van der Waals surface area contributed by atoms with E-state index < -0.39 is 21.8 Å². The first-order valence-corrected chi connectivity index (χ1v) is 9.46. The summed E-state index contributed by atoms with van der Waals surface area (Å²) < 4.78 is 65.4. The van der Waals surface area contributed by atoms with Crippen molar-refractivity contribution in [3.05, 3.63) is 41.4 Å². The van der Waals surface area contributed by atoms with E-state index in [0.29, 0.717) is 25.6 Å². The Balaban J connectivity index is 1.73. The minimum atomic E-state index is -4.58. The summed E-state index contributed by atoms with van der Waals surface area (Å²) >= 11 is 1.45. The average Bonchev–Trinajstić information content (AvgIpc) is 3.17. The van der Waals surface area contributed by atoms with Crippen molar-refractivity contribution in [3.63, 3.8) is 0 Å². The van der Waals surface area contributed by atoms with E-state index in [0.717, 1.165) is 23.3 Å². The van der Waals surface area contributed by atoms with Gasteiger partial charge in [0, 0.05) is 30.7 Å². The first-order valence-electron chi connectivity index (χ1n) is 7.10. The molecule has 130 valence electrons. The molecule has 24 heavy (non-hydrogen) atoms. The minimum Gasteiger partial charge on any atom is -0.346 e. The number of thiazole rings is 1. The van der Waals surface area contributed by atoms with Crippen LogP contribution in [0.15, 0.2) is 40.7 Å². The molecule has 0 bridgehead atoms. The largest absolute Gasteiger partial charge is 0.416 e. The molecule has 1 atom stereocenters. The minimum absolute atomic E-state index is 0.367. The van der Waals surface area contributed by atoms with Gasteiger partial charge in [-0.2, -0.15) is 13.2 Å². The predicted molar refractivity (Wildman–Crippen MR) is 84.5 cm³/mol. The quantitative estimate of drug-likeness (QED) is 0.890. The SMILES string of the molecule is O=S(=O)(NC1CCN(c2nccs2)C1)c1cccc(C(F)(F)F)c1. The van der Waals surface area contributed by atoms with Gasteiger partial charge in [0.05, 0.1) is 10.5 Å². The number of sulfonamides is 1. The Morgan fingerprint density at radius 1 is 1.33 bits per heavy atom. The Morgan fingerprint density at radius 2 is 2.12 bits per heavy atom. The van der Waals surface area contributed by atoms with Crippen molar-refractivity contribution in [1.29, 1.82) is 0 Å². The van der Waals surface area contributed by atoms with Crippen molar-refractivity contribution in [2.24, 2.45) is 0 Å². The van der Waals surface area contributed by atoms with E-state index in [1.165, 1.54) is 11.3 Å². The molecule has 10 heteroatoms. The number of nitrogens with one attached hydrogen (secondary N) is 1. The highest BCUT2D eigenvalue weighted by atomic mass is 32.2. The molecule has 1 saturated heterocycles. The first-order chi connectivity index (χ1) is 11.3. The second-order valence-electron chi connectivity index (χ2n) is 5.39. The smallest absolute Gasteiger partial charge is 0.346 e. The van der Waals surface area contributed by atoms with E-state index in [1.54, 1.807) is 6.20 Å². The fourth-order valence-electron chi connectivity index (χ4n) is 2.53. The highest BCUT2D eigenvalue weighted by Gasteiger charge is 2.33. The highest BCUT2D eigenvalue weighted by molar-refractivity contribution is 7.89. The fraction of sp³-hybridized carbons (Fsp3) is 0.357. The number of aromatic nitrogens is 1. The summed E-state index contributed by atoms with van der Waals surface area (Å²) in [5.74, 6) is 0. The van der Waals surface area contributed by atoms with Gasteiger partial charge in [-0.25, -0.2) is 18.1 Å². The summed E-state index contributed by atoms with van der Waals surface area (Å²) in [5.41, 5.74) is -0.985. The third-order valence-corrected chi connectivity index (χ3v) is 6.02. The van der Waals surface area contributed by atoms with Crippen LogP contribution in [0.4, 0.5) is 18.3 Å². The topological polar surface area (TPSA) is 62.3 Å². The molecule has 1 N–H and O–H groups in total. The van der Waals surface area contributed by atoms with Crippen LogP contribution in [0.2, 0.25) is 0 Å². The van der Waals surface area contributed by atoms with Gasteiger partial charge in [-0.3, -0.25) is 0 Å². The number of benzene rings is 1. The molecule has 1 aromatic carbocycles. The van der Waals surface area contributed by atoms with Crippen LogP contribution in [0.3, 0.4) is 0 Å². The molecule has 2 aromatic rings. The zero-order chi connectivity index (χ0) is 17.4. The maximum absolute atomic E-state index is 12.7. The van der Waals surface area contributed by atoms with E-state index in [2.05, 4.69) is 9.71 Å². The van der Waals surface area contributed by atoms with Gasteiger partial charge in [-0.05, 0) is 24.6 Å². The van der Waals surface area contributed by atoms with Gasteiger partial charge >= 0.3 is 6.18 Å². The molecule has 1 aromatic heterocycles. The zero-order valence-electron chi connectivity index (χ0n) is 12.3. The summed E-state index contributed by atoms with van der Waals surface area (Å²) in [7, 11) is -4.01. The molecule has 1 fully saturated rings. The van der Waals surface area contributed by atoms with Crippen LogP contribution >= 0.6 is 11.3 Å². The van der Waals surface area contributed by atoms with Crippen molar-refractivity contribution in [3.8, 4) is 0 Å². The van der Waals surface area contributed by atoms with Crippen molar-refractivity contribution in [2.45, 2.75) is 23.5 Å². The number of hydrogen-bond donors (Lipinski definition) is 1. The lowest BCUT2D eigenvalue weighted by atomic mass is 10.2. The Bertz CT molecular complexity index is 807. The Morgan fingerprint density at radius 3 is 2.79 bits per heavy atom. The third-order valence-electron chi connectivity index (χ3n) is 3.67. The van der Waals surface area contributed by atoms with Gasteiger partial charge < -0.3 is 4.90 Å². The summed E-state index contributed by atoms with van der Waals surface area (Å²) in [6.45, 7) is 1.08. The maximum Gasteiger partial charge on any atom is 0.416 e. The van der Waals surface area contributed by atoms with E-state index in [9.17, 15) is 21.6 Å². The van der Waals surface area contributed by atoms with Crippen LogP contribution in [0.1, 0.15) is 12.0 Å². The second kappa shape index (κ2) is 6.34. The molecule has 1 unspecified atom stereocenters. The number of nitrogens with zero attached hydrogens (tertiary/aromatic N) is 2. The summed E-state index contributed by atoms with van der Waals surface area (Å²) in [4.78, 5) is 5.73. The predicted octanol–water partition coefficient (Wildman–Crippen LogP) is 2.72. The molecule has 0 spiro atoms. The van der Waals surface area contributed by atoms with Crippen molar-refractivity contribution in [2.75, 3.05) is 18.0 Å². The lowest BCUT2D eigenvalue weighted by Gasteiger charge is -2.16. The molecule has 0 aliphatic carbocycles. The molecular formula is C14H14F3N3O2S2. The van der Waals surface area contributed by atoms with Crippen LogP contribution in [0, 0.1) is 0 Å². The third kappa shape index (κ3) is 3.70. The molecule has 0 amide bonds. The molecular weight excluding hydrogens is 363 g/mol. The van der Waals surface area contributed by atoms with E-state index in [-0.39, 0.29) is 10.9 Å². The molecule has 1 aliphatic heterocycles. The molecule has 0 radical (unpaired) electrons. The molecule has 0 saturated carbocycles. The Kier molecular flexibility index (Phi) is 4.54. The zero-order valence-corrected chi connectivity index (χ0v) is 14.0. The Labute approximate surface area is 141 Å². The molecule has 1 aliphatic rings. The average molecular weight is 377 g/mol. The van der Waals surface area contributed by atoms with Crippen LogP contribution in [-0.4, -0.2) is 32.5 Å². The first kappa shape index (κ1) is 17.2. The number of hydrogen-bond acceptors (Lipinski definition) is 5. The lowest BCUT2D eigenvalue weighted by molar-refractivity contribution is -0.137. The van der Waals surface area contributed by atoms with Gasteiger partial charge in [0.15, 0.2) is 5.13 Å². The van der Waals surface area contributed by atoms with E-state index in [4.69, 9.17) is 0 Å². The molecule has 5 nitrogen and oxygen atoms in total. The summed E-state index contributed by atoms with van der Waals surface area (Å²) in [6.07, 6.45) is -2.35. The van der Waals surface area contributed by atoms with Crippen molar-refractivity contribution < 1.29 is 21.6 Å². The summed E-state index contributed by atoms with van der Waals surface area (Å²) in [6, 6.07) is 3.38. The number of anilines is 1. The lowest BCUT2D eigenvalue weighted by Crippen LogP contribution is -2.37.